The molecule has 0 aromatic heterocycles. The summed E-state index contributed by atoms with van der Waals surface area (Å²) < 4.78 is 5.77. The summed E-state index contributed by atoms with van der Waals surface area (Å²) in [5, 5.41) is 0. The zero-order valence-electron chi connectivity index (χ0n) is 18.2. The second-order valence-electron chi connectivity index (χ2n) is 7.60. The summed E-state index contributed by atoms with van der Waals surface area (Å²) in [5.41, 5.74) is 2.02. The fourth-order valence-corrected chi connectivity index (χ4v) is 5.84. The number of rotatable bonds is 9. The lowest BCUT2D eigenvalue weighted by atomic mass is 10.1. The molecule has 0 radical (unpaired) electrons. The van der Waals surface area contributed by atoms with Crippen LogP contribution in [0.25, 0.3) is 0 Å². The first-order valence-electron chi connectivity index (χ1n) is 10.8. The molecule has 0 amide bonds. The zero-order valence-corrected chi connectivity index (χ0v) is 19.0. The predicted octanol–water partition coefficient (Wildman–Crippen LogP) is 7.27. The van der Waals surface area contributed by atoms with Crippen LogP contribution < -0.4 is 4.74 Å². The third-order valence-corrected chi connectivity index (χ3v) is 7.27. The molecule has 3 heteroatoms. The number of ether oxygens (including phenoxy) is 1. The Bertz CT molecular complexity index is 889. The van der Waals surface area contributed by atoms with Crippen molar-refractivity contribution in [2.45, 2.75) is 67.6 Å². The van der Waals surface area contributed by atoms with Crippen molar-refractivity contribution in [2.75, 3.05) is 0 Å². The van der Waals surface area contributed by atoms with Crippen molar-refractivity contribution in [1.82, 2.24) is 0 Å². The van der Waals surface area contributed by atoms with Gasteiger partial charge in [0.2, 0.25) is 0 Å². The van der Waals surface area contributed by atoms with Gasteiger partial charge in [-0.2, -0.15) is 0 Å². The summed E-state index contributed by atoms with van der Waals surface area (Å²) in [6, 6.07) is 25.6. The van der Waals surface area contributed by atoms with Crippen LogP contribution in [0.2, 0.25) is 0 Å². The van der Waals surface area contributed by atoms with Gasteiger partial charge in [-0.15, -0.1) is 0 Å². The highest BCUT2D eigenvalue weighted by Gasteiger charge is 2.29. The largest absolute Gasteiger partial charge is 0.426 e. The Morgan fingerprint density at radius 1 is 0.767 bits per heavy atom. The van der Waals surface area contributed by atoms with E-state index in [0.29, 0.717) is 12.2 Å². The maximum absolute atomic E-state index is 12.3. The second-order valence-corrected chi connectivity index (χ2v) is 9.63. The molecule has 0 atom stereocenters. The van der Waals surface area contributed by atoms with Crippen molar-refractivity contribution in [3.63, 3.8) is 0 Å². The van der Waals surface area contributed by atoms with E-state index in [9.17, 15) is 4.79 Å². The molecule has 3 aromatic carbocycles. The van der Waals surface area contributed by atoms with E-state index in [-0.39, 0.29) is 16.9 Å². The Balaban J connectivity index is 1.87. The third kappa shape index (κ3) is 5.76. The van der Waals surface area contributed by atoms with E-state index < -0.39 is 0 Å². The molecule has 3 rings (SSSR count). The lowest BCUT2D eigenvalue weighted by molar-refractivity contribution is -0.134. The molecule has 0 spiro atoms. The summed E-state index contributed by atoms with van der Waals surface area (Å²) in [4.78, 5) is 16.1. The molecule has 0 saturated carbocycles. The molecular formula is C27H31O2S+. The summed E-state index contributed by atoms with van der Waals surface area (Å²) >= 11 is 0. The number of aryl methyl sites for hydroxylation is 2. The number of benzene rings is 3. The van der Waals surface area contributed by atoms with Crippen molar-refractivity contribution in [3.8, 4) is 5.75 Å². The van der Waals surface area contributed by atoms with Crippen molar-refractivity contribution < 1.29 is 9.53 Å². The summed E-state index contributed by atoms with van der Waals surface area (Å²) in [6.45, 7) is 6.24. The van der Waals surface area contributed by atoms with Crippen LogP contribution in [0.15, 0.2) is 87.5 Å². The molecule has 0 saturated heterocycles. The average Bonchev–Trinajstić information content (AvgIpc) is 2.76. The second kappa shape index (κ2) is 11.0. The van der Waals surface area contributed by atoms with Crippen molar-refractivity contribution >= 4 is 16.9 Å². The van der Waals surface area contributed by atoms with E-state index in [1.165, 1.54) is 27.5 Å². The first-order chi connectivity index (χ1) is 14.6. The van der Waals surface area contributed by atoms with E-state index in [4.69, 9.17) is 4.74 Å². The molecule has 0 aliphatic heterocycles. The molecule has 156 valence electrons. The Morgan fingerprint density at radius 3 is 1.80 bits per heavy atom. The van der Waals surface area contributed by atoms with Crippen molar-refractivity contribution in [2.24, 2.45) is 0 Å². The van der Waals surface area contributed by atoms with E-state index in [1.54, 1.807) is 0 Å². The number of esters is 1. The van der Waals surface area contributed by atoms with E-state index in [2.05, 4.69) is 79.7 Å². The Morgan fingerprint density at radius 2 is 1.30 bits per heavy atom. The number of hydrogen-bond donors (Lipinski definition) is 0. The quantitative estimate of drug-likeness (QED) is 0.158. The average molecular weight is 420 g/mol. The molecular weight excluding hydrogens is 388 g/mol. The zero-order chi connectivity index (χ0) is 21.3. The number of carbonyl (C=O) groups excluding carboxylic acids is 1. The maximum Gasteiger partial charge on any atom is 0.311 e. The molecule has 2 nitrogen and oxygen atoms in total. The minimum absolute atomic E-state index is 0.129. The van der Waals surface area contributed by atoms with Gasteiger partial charge in [0.1, 0.15) is 5.75 Å². The SMILES string of the molecule is CCCCCCC(=O)Oc1c(C)cc([S+](c2ccccc2)c2ccccc2)cc1C. The third-order valence-electron chi connectivity index (χ3n) is 5.08. The monoisotopic (exact) mass is 419 g/mol. The molecule has 0 unspecified atom stereocenters. The molecule has 0 bridgehead atoms. The molecule has 3 aromatic rings. The van der Waals surface area contributed by atoms with Gasteiger partial charge in [-0.1, -0.05) is 62.6 Å². The topological polar surface area (TPSA) is 26.3 Å². The van der Waals surface area contributed by atoms with Crippen LogP contribution >= 0.6 is 0 Å². The molecule has 0 fully saturated rings. The molecule has 0 N–H and O–H groups in total. The van der Waals surface area contributed by atoms with Gasteiger partial charge in [-0.25, -0.2) is 0 Å². The van der Waals surface area contributed by atoms with E-state index >= 15 is 0 Å². The lowest BCUT2D eigenvalue weighted by Gasteiger charge is -2.14. The molecule has 0 heterocycles. The van der Waals surface area contributed by atoms with Crippen LogP contribution in [0.1, 0.15) is 50.2 Å². The van der Waals surface area contributed by atoms with Crippen LogP contribution in [0.3, 0.4) is 0 Å². The first-order valence-corrected chi connectivity index (χ1v) is 12.0. The number of unbranched alkanes of at least 4 members (excludes halogenated alkanes) is 3. The number of hydrogen-bond acceptors (Lipinski definition) is 2. The predicted molar refractivity (Wildman–Crippen MR) is 125 cm³/mol. The number of carbonyl (C=O) groups is 1. The van der Waals surface area contributed by atoms with Crippen molar-refractivity contribution in [3.05, 3.63) is 83.9 Å². The van der Waals surface area contributed by atoms with Crippen LogP contribution in [0.5, 0.6) is 5.75 Å². The Kier molecular flexibility index (Phi) is 8.15. The van der Waals surface area contributed by atoms with Gasteiger partial charge in [-0.3, -0.25) is 4.79 Å². The Labute approximate surface area is 183 Å². The van der Waals surface area contributed by atoms with Crippen LogP contribution in [-0.4, -0.2) is 5.97 Å². The molecule has 30 heavy (non-hydrogen) atoms. The van der Waals surface area contributed by atoms with E-state index in [1.807, 2.05) is 13.8 Å². The maximum atomic E-state index is 12.3. The van der Waals surface area contributed by atoms with Gasteiger partial charge in [0.05, 0.1) is 10.9 Å². The van der Waals surface area contributed by atoms with Gasteiger partial charge in [-0.05, 0) is 55.7 Å². The fraction of sp³-hybridized carbons (Fsp3) is 0.296. The molecule has 0 aliphatic carbocycles. The smallest absolute Gasteiger partial charge is 0.311 e. The molecule has 0 aliphatic rings. The van der Waals surface area contributed by atoms with Gasteiger partial charge < -0.3 is 4.74 Å². The van der Waals surface area contributed by atoms with Gasteiger partial charge in [0, 0.05) is 18.6 Å². The Hall–Kier alpha value is -2.52. The minimum atomic E-state index is -0.204. The van der Waals surface area contributed by atoms with Gasteiger partial charge in [0.15, 0.2) is 14.7 Å². The normalized spacial score (nSPS) is 10.9. The van der Waals surface area contributed by atoms with Crippen LogP contribution in [0.4, 0.5) is 0 Å². The summed E-state index contributed by atoms with van der Waals surface area (Å²) in [7, 11) is -0.204. The lowest BCUT2D eigenvalue weighted by Crippen LogP contribution is -2.11. The highest BCUT2D eigenvalue weighted by molar-refractivity contribution is 7.97. The summed E-state index contributed by atoms with van der Waals surface area (Å²) in [6.07, 6.45) is 4.80. The fourth-order valence-electron chi connectivity index (χ4n) is 3.57. The van der Waals surface area contributed by atoms with Gasteiger partial charge in [0.25, 0.3) is 0 Å². The minimum Gasteiger partial charge on any atom is -0.426 e. The highest BCUT2D eigenvalue weighted by Crippen LogP contribution is 2.35. The summed E-state index contributed by atoms with van der Waals surface area (Å²) in [5.74, 6) is 0.582. The van der Waals surface area contributed by atoms with Crippen molar-refractivity contribution in [1.29, 1.82) is 0 Å². The van der Waals surface area contributed by atoms with Crippen LogP contribution in [0, 0.1) is 13.8 Å². The highest BCUT2D eigenvalue weighted by atomic mass is 32.2. The standard InChI is InChI=1S/C27H31O2S/c1-4-5-6-13-18-26(28)29-27-21(2)19-25(20-22(27)3)30(23-14-9-7-10-15-23)24-16-11-8-12-17-24/h7-12,14-17,19-20H,4-6,13,18H2,1-3H3/q+1. The first kappa shape index (κ1) is 22.2. The van der Waals surface area contributed by atoms with E-state index in [0.717, 1.165) is 24.0 Å². The van der Waals surface area contributed by atoms with Gasteiger partial charge >= 0.3 is 5.97 Å². The van der Waals surface area contributed by atoms with Crippen LogP contribution in [-0.2, 0) is 15.7 Å².